The number of alkyl halides is 3. The van der Waals surface area contributed by atoms with Crippen molar-refractivity contribution in [3.8, 4) is 22.3 Å². The maximum Gasteiger partial charge on any atom is 0.416 e. The molecule has 2 N–H and O–H groups in total. The van der Waals surface area contributed by atoms with Crippen LogP contribution in [0.4, 0.5) is 13.2 Å². The summed E-state index contributed by atoms with van der Waals surface area (Å²) in [5.74, 6) is -0.511. The minimum Gasteiger partial charge on any atom is -0.478 e. The average molecular weight is 490 g/mol. The number of aromatic carboxylic acids is 1. The Hall–Kier alpha value is -3.64. The van der Waals surface area contributed by atoms with Crippen LogP contribution in [0.3, 0.4) is 0 Å². The summed E-state index contributed by atoms with van der Waals surface area (Å²) in [5, 5.41) is 14.8. The SMILES string of the molecule is O=C(O)c1cc(-c2ccc(C3CCCNCC3)cc2)c2ccc(-c3ccc(C(F)(F)F)cc3)cc2c1. The Labute approximate surface area is 207 Å². The van der Waals surface area contributed by atoms with Crippen LogP contribution in [0, 0.1) is 0 Å². The lowest BCUT2D eigenvalue weighted by Crippen LogP contribution is -2.13. The molecule has 1 aliphatic heterocycles. The number of halogens is 3. The Balaban J connectivity index is 1.53. The van der Waals surface area contributed by atoms with Crippen LogP contribution in [-0.4, -0.2) is 24.2 Å². The average Bonchev–Trinajstić information content (AvgIpc) is 3.17. The van der Waals surface area contributed by atoms with Crippen LogP contribution in [0.5, 0.6) is 0 Å². The van der Waals surface area contributed by atoms with Gasteiger partial charge < -0.3 is 10.4 Å². The maximum atomic E-state index is 12.9. The van der Waals surface area contributed by atoms with Gasteiger partial charge in [0.15, 0.2) is 0 Å². The van der Waals surface area contributed by atoms with E-state index in [9.17, 15) is 23.1 Å². The minimum absolute atomic E-state index is 0.168. The van der Waals surface area contributed by atoms with Crippen LogP contribution >= 0.6 is 0 Å². The fraction of sp³-hybridized carbons (Fsp3) is 0.233. The van der Waals surface area contributed by atoms with E-state index in [0.717, 1.165) is 71.9 Å². The van der Waals surface area contributed by atoms with E-state index in [0.29, 0.717) is 11.5 Å². The lowest BCUT2D eigenvalue weighted by atomic mass is 9.89. The molecule has 1 atom stereocenters. The van der Waals surface area contributed by atoms with Crippen LogP contribution in [0.15, 0.2) is 78.9 Å². The molecule has 36 heavy (non-hydrogen) atoms. The summed E-state index contributed by atoms with van der Waals surface area (Å²) in [6.45, 7) is 2.07. The third-order valence-corrected chi connectivity index (χ3v) is 7.01. The molecule has 5 rings (SSSR count). The molecule has 4 aromatic rings. The highest BCUT2D eigenvalue weighted by atomic mass is 19.4. The van der Waals surface area contributed by atoms with Gasteiger partial charge in [0.25, 0.3) is 0 Å². The fourth-order valence-electron chi connectivity index (χ4n) is 5.05. The van der Waals surface area contributed by atoms with Gasteiger partial charge in [-0.3, -0.25) is 0 Å². The topological polar surface area (TPSA) is 49.3 Å². The molecule has 0 aliphatic carbocycles. The molecule has 0 spiro atoms. The number of rotatable bonds is 4. The molecule has 0 radical (unpaired) electrons. The Bertz CT molecular complexity index is 1390. The van der Waals surface area contributed by atoms with E-state index in [1.54, 1.807) is 12.1 Å². The van der Waals surface area contributed by atoms with Crippen molar-refractivity contribution in [1.82, 2.24) is 5.32 Å². The van der Waals surface area contributed by atoms with Crippen LogP contribution < -0.4 is 5.32 Å². The van der Waals surface area contributed by atoms with Crippen molar-refractivity contribution in [2.24, 2.45) is 0 Å². The van der Waals surface area contributed by atoms with Gasteiger partial charge in [0, 0.05) is 0 Å². The number of hydrogen-bond acceptors (Lipinski definition) is 2. The normalized spacial score (nSPS) is 16.6. The molecule has 1 unspecified atom stereocenters. The van der Waals surface area contributed by atoms with Gasteiger partial charge in [0.1, 0.15) is 0 Å². The number of carbonyl (C=O) groups is 1. The minimum atomic E-state index is -4.39. The maximum absolute atomic E-state index is 12.9. The molecule has 1 aliphatic rings. The fourth-order valence-corrected chi connectivity index (χ4v) is 5.05. The summed E-state index contributed by atoms with van der Waals surface area (Å²) in [4.78, 5) is 11.9. The van der Waals surface area contributed by atoms with Crippen molar-refractivity contribution in [3.05, 3.63) is 95.6 Å². The van der Waals surface area contributed by atoms with Crippen molar-refractivity contribution >= 4 is 16.7 Å². The van der Waals surface area contributed by atoms with E-state index < -0.39 is 17.7 Å². The number of benzene rings is 4. The number of nitrogens with one attached hydrogen (secondary N) is 1. The first kappa shape index (κ1) is 24.1. The number of hydrogen-bond donors (Lipinski definition) is 2. The summed E-state index contributed by atoms with van der Waals surface area (Å²) in [6, 6.07) is 22.3. The van der Waals surface area contributed by atoms with Gasteiger partial charge in [0.05, 0.1) is 11.1 Å². The predicted molar refractivity (Wildman–Crippen MR) is 136 cm³/mol. The van der Waals surface area contributed by atoms with Crippen LogP contribution in [0.25, 0.3) is 33.0 Å². The second-order valence-corrected chi connectivity index (χ2v) is 9.34. The van der Waals surface area contributed by atoms with E-state index in [1.807, 2.05) is 18.2 Å². The Morgan fingerprint density at radius 2 is 1.50 bits per heavy atom. The molecule has 1 saturated heterocycles. The molecule has 4 aromatic carbocycles. The highest BCUT2D eigenvalue weighted by Gasteiger charge is 2.30. The molecule has 1 fully saturated rings. The molecule has 1 heterocycles. The van der Waals surface area contributed by atoms with Crippen molar-refractivity contribution < 1.29 is 23.1 Å². The molecular formula is C30H26F3NO2. The van der Waals surface area contributed by atoms with Crippen LogP contribution in [0.2, 0.25) is 0 Å². The van der Waals surface area contributed by atoms with Gasteiger partial charge in [-0.1, -0.05) is 48.5 Å². The molecule has 0 saturated carbocycles. The van der Waals surface area contributed by atoms with Gasteiger partial charge in [-0.25, -0.2) is 4.79 Å². The van der Waals surface area contributed by atoms with Crippen molar-refractivity contribution in [2.75, 3.05) is 13.1 Å². The van der Waals surface area contributed by atoms with Gasteiger partial charge in [-0.05, 0) is 107 Å². The zero-order chi connectivity index (χ0) is 25.3. The lowest BCUT2D eigenvalue weighted by Gasteiger charge is -2.16. The summed E-state index contributed by atoms with van der Waals surface area (Å²) in [7, 11) is 0. The highest BCUT2D eigenvalue weighted by Crippen LogP contribution is 2.36. The van der Waals surface area contributed by atoms with Crippen LogP contribution in [0.1, 0.15) is 46.7 Å². The summed E-state index contributed by atoms with van der Waals surface area (Å²) in [5.41, 5.74) is 3.87. The molecule has 6 heteroatoms. The molecule has 0 aromatic heterocycles. The molecule has 184 valence electrons. The zero-order valence-corrected chi connectivity index (χ0v) is 19.6. The van der Waals surface area contributed by atoms with E-state index >= 15 is 0 Å². The van der Waals surface area contributed by atoms with Gasteiger partial charge >= 0.3 is 12.1 Å². The number of carboxylic acid groups (broad SMARTS) is 1. The van der Waals surface area contributed by atoms with Gasteiger partial charge in [-0.15, -0.1) is 0 Å². The van der Waals surface area contributed by atoms with E-state index in [2.05, 4.69) is 29.6 Å². The first-order chi connectivity index (χ1) is 17.3. The van der Waals surface area contributed by atoms with Crippen molar-refractivity contribution in [2.45, 2.75) is 31.4 Å². The Morgan fingerprint density at radius 3 is 2.19 bits per heavy atom. The van der Waals surface area contributed by atoms with Crippen LogP contribution in [-0.2, 0) is 6.18 Å². The second-order valence-electron chi connectivity index (χ2n) is 9.34. The number of fused-ring (bicyclic) bond motifs is 1. The van der Waals surface area contributed by atoms with E-state index in [1.165, 1.54) is 17.7 Å². The summed E-state index contributed by atoms with van der Waals surface area (Å²) >= 11 is 0. The third-order valence-electron chi connectivity index (χ3n) is 7.01. The largest absolute Gasteiger partial charge is 0.478 e. The lowest BCUT2D eigenvalue weighted by molar-refractivity contribution is -0.137. The molecular weight excluding hydrogens is 463 g/mol. The zero-order valence-electron chi connectivity index (χ0n) is 19.6. The Kier molecular flexibility index (Phi) is 6.54. The van der Waals surface area contributed by atoms with Gasteiger partial charge in [-0.2, -0.15) is 13.2 Å². The predicted octanol–water partition coefficient (Wildman–Crippen LogP) is 7.75. The monoisotopic (exact) mass is 489 g/mol. The highest BCUT2D eigenvalue weighted by molar-refractivity contribution is 6.04. The smallest absolute Gasteiger partial charge is 0.416 e. The second kappa shape index (κ2) is 9.78. The molecule has 3 nitrogen and oxygen atoms in total. The van der Waals surface area contributed by atoms with E-state index in [4.69, 9.17) is 0 Å². The Morgan fingerprint density at radius 1 is 0.806 bits per heavy atom. The molecule has 0 amide bonds. The first-order valence-electron chi connectivity index (χ1n) is 12.1. The molecule has 0 bridgehead atoms. The standard InChI is InChI=1S/C30H26F3NO2/c31-30(32,33)26-10-7-21(8-11-26)23-9-12-27-24(16-23)17-25(29(35)36)18-28(27)22-5-3-20(4-6-22)19-2-1-14-34-15-13-19/h3-12,16-19,34H,1-2,13-15H2,(H,35,36). The quantitative estimate of drug-likeness (QED) is 0.308. The third kappa shape index (κ3) is 5.00. The summed E-state index contributed by atoms with van der Waals surface area (Å²) in [6.07, 6.45) is -0.991. The summed E-state index contributed by atoms with van der Waals surface area (Å²) < 4.78 is 38.8. The van der Waals surface area contributed by atoms with Crippen molar-refractivity contribution in [3.63, 3.8) is 0 Å². The van der Waals surface area contributed by atoms with Gasteiger partial charge in [0.2, 0.25) is 0 Å². The first-order valence-corrected chi connectivity index (χ1v) is 12.1. The van der Waals surface area contributed by atoms with Crippen molar-refractivity contribution in [1.29, 1.82) is 0 Å². The van der Waals surface area contributed by atoms with E-state index in [-0.39, 0.29) is 5.56 Å². The number of carboxylic acids is 1.